The van der Waals surface area contributed by atoms with Gasteiger partial charge in [0.1, 0.15) is 0 Å². The summed E-state index contributed by atoms with van der Waals surface area (Å²) in [5, 5.41) is 12.4. The topological polar surface area (TPSA) is 87.5 Å². The van der Waals surface area contributed by atoms with Gasteiger partial charge in [0, 0.05) is 31.5 Å². The number of carbonyl (C=O) groups excluding carboxylic acids is 1. The van der Waals surface area contributed by atoms with Crippen LogP contribution in [0.3, 0.4) is 0 Å². The van der Waals surface area contributed by atoms with Gasteiger partial charge in [0.15, 0.2) is 22.5 Å². The molecule has 0 aliphatic rings. The van der Waals surface area contributed by atoms with E-state index in [9.17, 15) is 4.79 Å². The van der Waals surface area contributed by atoms with Crippen LogP contribution in [0.4, 0.5) is 5.69 Å². The minimum absolute atomic E-state index is 0.0926. The maximum atomic E-state index is 12.6. The van der Waals surface area contributed by atoms with E-state index < -0.39 is 0 Å². The zero-order valence-electron chi connectivity index (χ0n) is 20.3. The van der Waals surface area contributed by atoms with E-state index in [4.69, 9.17) is 14.2 Å². The standard InChI is InChI=1S/C25H32N4O4S/c1-17(2)18-8-6-9-20(14-18)26-23(30)16-34-25-28-27-24(29(25)12-7-13-31-3)19-10-11-21(32-4)22(15-19)33-5/h6,8-11,14-15,17H,7,12-13,16H2,1-5H3,(H,26,30). The van der Waals surface area contributed by atoms with Gasteiger partial charge in [0.05, 0.1) is 20.0 Å². The number of carbonyl (C=O) groups is 1. The Labute approximate surface area is 205 Å². The fourth-order valence-corrected chi connectivity index (χ4v) is 4.22. The van der Waals surface area contributed by atoms with Crippen LogP contribution >= 0.6 is 11.8 Å². The number of benzene rings is 2. The molecule has 34 heavy (non-hydrogen) atoms. The Bertz CT molecular complexity index is 1100. The summed E-state index contributed by atoms with van der Waals surface area (Å²) in [5.41, 5.74) is 2.83. The first-order chi connectivity index (χ1) is 16.5. The van der Waals surface area contributed by atoms with Gasteiger partial charge in [0.2, 0.25) is 5.91 Å². The number of nitrogens with zero attached hydrogens (tertiary/aromatic N) is 3. The molecule has 0 bridgehead atoms. The molecule has 0 saturated heterocycles. The summed E-state index contributed by atoms with van der Waals surface area (Å²) in [4.78, 5) is 12.6. The first-order valence-corrected chi connectivity index (χ1v) is 12.1. The predicted molar refractivity (Wildman–Crippen MR) is 135 cm³/mol. The maximum absolute atomic E-state index is 12.6. The molecule has 0 radical (unpaired) electrons. The summed E-state index contributed by atoms with van der Waals surface area (Å²) in [7, 11) is 4.88. The van der Waals surface area contributed by atoms with Crippen molar-refractivity contribution < 1.29 is 19.0 Å². The Morgan fingerprint density at radius 1 is 1.06 bits per heavy atom. The second-order valence-corrected chi connectivity index (χ2v) is 8.93. The fraction of sp³-hybridized carbons (Fsp3) is 0.400. The van der Waals surface area contributed by atoms with Crippen LogP contribution < -0.4 is 14.8 Å². The van der Waals surface area contributed by atoms with E-state index in [0.717, 1.165) is 17.7 Å². The minimum Gasteiger partial charge on any atom is -0.493 e. The Hall–Kier alpha value is -3.04. The van der Waals surface area contributed by atoms with Crippen LogP contribution in [-0.2, 0) is 16.1 Å². The molecule has 0 fully saturated rings. The molecule has 0 spiro atoms. The maximum Gasteiger partial charge on any atom is 0.234 e. The van der Waals surface area contributed by atoms with Gasteiger partial charge in [0.25, 0.3) is 0 Å². The van der Waals surface area contributed by atoms with Gasteiger partial charge in [-0.15, -0.1) is 10.2 Å². The van der Waals surface area contributed by atoms with Crippen LogP contribution in [0.15, 0.2) is 47.6 Å². The summed E-state index contributed by atoms with van der Waals surface area (Å²) < 4.78 is 18.0. The van der Waals surface area contributed by atoms with E-state index in [-0.39, 0.29) is 11.7 Å². The van der Waals surface area contributed by atoms with Crippen LogP contribution in [0.2, 0.25) is 0 Å². The fourth-order valence-electron chi connectivity index (χ4n) is 3.46. The van der Waals surface area contributed by atoms with E-state index >= 15 is 0 Å². The normalized spacial score (nSPS) is 11.0. The molecule has 1 aromatic heterocycles. The molecule has 0 saturated carbocycles. The largest absolute Gasteiger partial charge is 0.493 e. The lowest BCUT2D eigenvalue weighted by Gasteiger charge is -2.12. The van der Waals surface area contributed by atoms with Gasteiger partial charge in [-0.1, -0.05) is 37.7 Å². The monoisotopic (exact) mass is 484 g/mol. The number of hydrogen-bond donors (Lipinski definition) is 1. The van der Waals surface area contributed by atoms with Crippen molar-refractivity contribution in [1.29, 1.82) is 0 Å². The van der Waals surface area contributed by atoms with E-state index in [0.29, 0.717) is 41.5 Å². The number of methoxy groups -OCH3 is 3. The molecule has 9 heteroatoms. The number of ether oxygens (including phenoxy) is 3. The molecular formula is C25H32N4O4S. The highest BCUT2D eigenvalue weighted by Gasteiger charge is 2.17. The van der Waals surface area contributed by atoms with Crippen LogP contribution in [0.25, 0.3) is 11.4 Å². The summed E-state index contributed by atoms with van der Waals surface area (Å²) in [6.07, 6.45) is 0.788. The zero-order valence-corrected chi connectivity index (χ0v) is 21.1. The molecule has 0 aliphatic heterocycles. The molecule has 0 atom stereocenters. The lowest BCUT2D eigenvalue weighted by atomic mass is 10.0. The third kappa shape index (κ3) is 6.51. The van der Waals surface area contributed by atoms with Gasteiger partial charge in [-0.25, -0.2) is 0 Å². The van der Waals surface area contributed by atoms with Crippen molar-refractivity contribution in [2.75, 3.05) is 39.0 Å². The summed E-state index contributed by atoms with van der Waals surface area (Å²) in [6.45, 7) is 5.53. The molecule has 182 valence electrons. The molecule has 1 heterocycles. The minimum atomic E-state index is -0.0926. The van der Waals surface area contributed by atoms with Crippen molar-refractivity contribution >= 4 is 23.4 Å². The lowest BCUT2D eigenvalue weighted by Crippen LogP contribution is -2.15. The second kappa shape index (κ2) is 12.4. The Kier molecular flexibility index (Phi) is 9.35. The average molecular weight is 485 g/mol. The van der Waals surface area contributed by atoms with Crippen molar-refractivity contribution in [2.45, 2.75) is 37.9 Å². The predicted octanol–water partition coefficient (Wildman–Crippen LogP) is 4.85. The van der Waals surface area contributed by atoms with Gasteiger partial charge in [-0.3, -0.25) is 4.79 Å². The zero-order chi connectivity index (χ0) is 24.5. The van der Waals surface area contributed by atoms with Crippen LogP contribution in [-0.4, -0.2) is 54.4 Å². The van der Waals surface area contributed by atoms with Crippen molar-refractivity contribution in [2.24, 2.45) is 0 Å². The van der Waals surface area contributed by atoms with Gasteiger partial charge in [-0.2, -0.15) is 0 Å². The van der Waals surface area contributed by atoms with E-state index in [2.05, 4.69) is 35.4 Å². The molecular weight excluding hydrogens is 452 g/mol. The molecule has 2 aromatic carbocycles. The molecule has 0 aliphatic carbocycles. The highest BCUT2D eigenvalue weighted by atomic mass is 32.2. The number of hydrogen-bond acceptors (Lipinski definition) is 7. The summed E-state index contributed by atoms with van der Waals surface area (Å²) in [5.74, 6) is 2.48. The number of aromatic nitrogens is 3. The highest BCUT2D eigenvalue weighted by Crippen LogP contribution is 2.33. The SMILES string of the molecule is COCCCn1c(SCC(=O)Nc2cccc(C(C)C)c2)nnc1-c1ccc(OC)c(OC)c1. The molecule has 8 nitrogen and oxygen atoms in total. The Balaban J connectivity index is 1.77. The molecule has 0 unspecified atom stereocenters. The molecule has 3 rings (SSSR count). The number of anilines is 1. The van der Waals surface area contributed by atoms with Crippen LogP contribution in [0.1, 0.15) is 31.7 Å². The lowest BCUT2D eigenvalue weighted by molar-refractivity contribution is -0.113. The third-order valence-electron chi connectivity index (χ3n) is 5.26. The van der Waals surface area contributed by atoms with Crippen molar-refractivity contribution in [1.82, 2.24) is 14.8 Å². The van der Waals surface area contributed by atoms with Crippen LogP contribution in [0.5, 0.6) is 11.5 Å². The third-order valence-corrected chi connectivity index (χ3v) is 6.22. The first-order valence-electron chi connectivity index (χ1n) is 11.1. The second-order valence-electron chi connectivity index (χ2n) is 7.99. The number of amides is 1. The Morgan fingerprint density at radius 3 is 2.56 bits per heavy atom. The quantitative estimate of drug-likeness (QED) is 0.290. The Morgan fingerprint density at radius 2 is 1.85 bits per heavy atom. The molecule has 3 aromatic rings. The smallest absolute Gasteiger partial charge is 0.234 e. The first kappa shape index (κ1) is 25.6. The van der Waals surface area contributed by atoms with E-state index in [1.165, 1.54) is 17.3 Å². The van der Waals surface area contributed by atoms with Gasteiger partial charge in [-0.05, 0) is 48.2 Å². The van der Waals surface area contributed by atoms with Gasteiger partial charge < -0.3 is 24.1 Å². The number of rotatable bonds is 12. The van der Waals surface area contributed by atoms with Crippen molar-refractivity contribution in [3.8, 4) is 22.9 Å². The number of thioether (sulfide) groups is 1. The highest BCUT2D eigenvalue weighted by molar-refractivity contribution is 7.99. The van der Waals surface area contributed by atoms with Crippen molar-refractivity contribution in [3.63, 3.8) is 0 Å². The van der Waals surface area contributed by atoms with Gasteiger partial charge >= 0.3 is 0 Å². The summed E-state index contributed by atoms with van der Waals surface area (Å²) in [6, 6.07) is 13.6. The summed E-state index contributed by atoms with van der Waals surface area (Å²) >= 11 is 1.36. The number of nitrogens with one attached hydrogen (secondary N) is 1. The average Bonchev–Trinajstić information content (AvgIpc) is 3.25. The van der Waals surface area contributed by atoms with Crippen molar-refractivity contribution in [3.05, 3.63) is 48.0 Å². The molecule has 1 N–H and O–H groups in total. The van der Waals surface area contributed by atoms with E-state index in [1.54, 1.807) is 21.3 Å². The molecule has 1 amide bonds. The van der Waals surface area contributed by atoms with Crippen LogP contribution in [0, 0.1) is 0 Å². The van der Waals surface area contributed by atoms with E-state index in [1.807, 2.05) is 41.0 Å².